The molecule has 28 heavy (non-hydrogen) atoms. The SMILES string of the molecule is CC(C)CN(N)CC(N)=O.CC(C)CNC=O.CC(C)CNCNC(=O)CBr. The smallest absolute Gasteiger partial charge is 0.233 e. The van der Waals surface area contributed by atoms with E-state index in [9.17, 15) is 14.4 Å². The molecule has 9 nitrogen and oxygen atoms in total. The average molecular weight is 469 g/mol. The molecule has 0 unspecified atom stereocenters. The first kappa shape index (κ1) is 31.5. The van der Waals surface area contributed by atoms with Crippen molar-refractivity contribution in [3.05, 3.63) is 0 Å². The quantitative estimate of drug-likeness (QED) is 0.0699. The molecule has 0 aromatic heterocycles. The fourth-order valence-electron chi connectivity index (χ4n) is 1.59. The van der Waals surface area contributed by atoms with E-state index < -0.39 is 0 Å². The Morgan fingerprint density at radius 2 is 1.57 bits per heavy atom. The summed E-state index contributed by atoms with van der Waals surface area (Å²) in [4.78, 5) is 30.5. The van der Waals surface area contributed by atoms with E-state index in [1.807, 2.05) is 13.8 Å². The second kappa shape index (κ2) is 22.1. The lowest BCUT2D eigenvalue weighted by molar-refractivity contribution is -0.119. The molecule has 0 bridgehead atoms. The van der Waals surface area contributed by atoms with Crippen LogP contribution in [0, 0.1) is 17.8 Å². The summed E-state index contributed by atoms with van der Waals surface area (Å²) in [5, 5.41) is 10.2. The van der Waals surface area contributed by atoms with Crippen molar-refractivity contribution >= 4 is 34.2 Å². The van der Waals surface area contributed by atoms with E-state index in [0.717, 1.165) is 19.5 Å². The molecule has 3 amide bonds. The van der Waals surface area contributed by atoms with Crippen molar-refractivity contribution in [2.75, 3.05) is 38.2 Å². The van der Waals surface area contributed by atoms with Gasteiger partial charge in [-0.05, 0) is 24.3 Å². The summed E-state index contributed by atoms with van der Waals surface area (Å²) in [6.45, 7) is 15.5. The van der Waals surface area contributed by atoms with E-state index >= 15 is 0 Å². The van der Waals surface area contributed by atoms with Crippen molar-refractivity contribution in [1.82, 2.24) is 21.0 Å². The highest BCUT2D eigenvalue weighted by atomic mass is 79.9. The number of nitrogens with zero attached hydrogens (tertiary/aromatic N) is 1. The molecule has 0 atom stereocenters. The van der Waals surface area contributed by atoms with E-state index in [2.05, 4.69) is 59.6 Å². The van der Waals surface area contributed by atoms with Gasteiger partial charge in [-0.15, -0.1) is 0 Å². The van der Waals surface area contributed by atoms with Crippen molar-refractivity contribution < 1.29 is 14.4 Å². The van der Waals surface area contributed by atoms with E-state index in [1.54, 1.807) is 0 Å². The summed E-state index contributed by atoms with van der Waals surface area (Å²) in [7, 11) is 0. The number of rotatable bonds is 12. The fraction of sp³-hybridized carbons (Fsp3) is 0.833. The van der Waals surface area contributed by atoms with Crippen LogP contribution in [0.2, 0.25) is 0 Å². The van der Waals surface area contributed by atoms with Gasteiger partial charge in [0.1, 0.15) is 0 Å². The lowest BCUT2D eigenvalue weighted by atomic mass is 10.2. The van der Waals surface area contributed by atoms with E-state index in [4.69, 9.17) is 11.6 Å². The van der Waals surface area contributed by atoms with Gasteiger partial charge >= 0.3 is 0 Å². The van der Waals surface area contributed by atoms with E-state index in [-0.39, 0.29) is 18.4 Å². The van der Waals surface area contributed by atoms with Gasteiger partial charge in [0.05, 0.1) is 18.5 Å². The Morgan fingerprint density at radius 1 is 1.04 bits per heavy atom. The van der Waals surface area contributed by atoms with Crippen LogP contribution < -0.4 is 27.5 Å². The number of nitrogens with two attached hydrogens (primary N) is 2. The molecule has 0 saturated heterocycles. The first-order valence-electron chi connectivity index (χ1n) is 9.44. The predicted octanol–water partition coefficient (Wildman–Crippen LogP) is 0.392. The van der Waals surface area contributed by atoms with Crippen LogP contribution >= 0.6 is 15.9 Å². The summed E-state index contributed by atoms with van der Waals surface area (Å²) >= 11 is 3.06. The van der Waals surface area contributed by atoms with Crippen molar-refractivity contribution in [2.24, 2.45) is 29.3 Å². The van der Waals surface area contributed by atoms with Crippen LogP contribution in [0.5, 0.6) is 0 Å². The minimum absolute atomic E-state index is 0.0151. The minimum Gasteiger partial charge on any atom is -0.369 e. The maximum Gasteiger partial charge on any atom is 0.233 e. The third-order valence-electron chi connectivity index (χ3n) is 2.65. The van der Waals surface area contributed by atoms with Gasteiger partial charge < -0.3 is 16.4 Å². The highest BCUT2D eigenvalue weighted by Gasteiger charge is 2.04. The van der Waals surface area contributed by atoms with Gasteiger partial charge in [0.15, 0.2) is 0 Å². The number of carbonyl (C=O) groups excluding carboxylic acids is 3. The van der Waals surface area contributed by atoms with Gasteiger partial charge in [0.2, 0.25) is 18.2 Å². The van der Waals surface area contributed by atoms with Crippen LogP contribution in [0.3, 0.4) is 0 Å². The zero-order valence-electron chi connectivity index (χ0n) is 18.3. The van der Waals surface area contributed by atoms with Gasteiger partial charge in [0.25, 0.3) is 0 Å². The number of nitrogens with one attached hydrogen (secondary N) is 3. The first-order valence-corrected chi connectivity index (χ1v) is 10.6. The third kappa shape index (κ3) is 35.8. The molecule has 0 radical (unpaired) electrons. The molecule has 0 heterocycles. The Kier molecular flexibility index (Phi) is 24.8. The molecule has 7 N–H and O–H groups in total. The number of hydrazine groups is 1. The molecule has 0 fully saturated rings. The molecular weight excluding hydrogens is 428 g/mol. The highest BCUT2D eigenvalue weighted by molar-refractivity contribution is 9.09. The maximum atomic E-state index is 10.7. The number of hydrogen-bond donors (Lipinski definition) is 5. The Hall–Kier alpha value is -1.23. The van der Waals surface area contributed by atoms with Gasteiger partial charge in [-0.1, -0.05) is 57.5 Å². The monoisotopic (exact) mass is 468 g/mol. The molecular formula is C18H41BrN6O3. The largest absolute Gasteiger partial charge is 0.369 e. The molecule has 0 aliphatic rings. The molecule has 0 saturated carbocycles. The Labute approximate surface area is 178 Å². The Balaban J connectivity index is -0.000000343. The fourth-order valence-corrected chi connectivity index (χ4v) is 1.78. The zero-order valence-corrected chi connectivity index (χ0v) is 19.8. The number of alkyl halides is 1. The van der Waals surface area contributed by atoms with Crippen LogP contribution in [0.1, 0.15) is 41.5 Å². The van der Waals surface area contributed by atoms with Crippen LogP contribution in [0.15, 0.2) is 0 Å². The van der Waals surface area contributed by atoms with Crippen LogP contribution in [0.4, 0.5) is 0 Å². The summed E-state index contributed by atoms with van der Waals surface area (Å²) in [6.07, 6.45) is 0.722. The molecule has 0 rings (SSSR count). The number of amides is 3. The first-order chi connectivity index (χ1) is 13.0. The topological polar surface area (TPSA) is 143 Å². The van der Waals surface area contributed by atoms with Crippen LogP contribution in [-0.2, 0) is 14.4 Å². The number of halogens is 1. The summed E-state index contributed by atoms with van der Waals surface area (Å²) in [5.74, 6) is 6.68. The number of hydrogen-bond acceptors (Lipinski definition) is 6. The minimum atomic E-state index is -0.386. The second-order valence-electron chi connectivity index (χ2n) is 7.47. The van der Waals surface area contributed by atoms with Gasteiger partial charge in [-0.2, -0.15) is 0 Å². The number of primary amides is 1. The molecule has 0 aliphatic heterocycles. The Morgan fingerprint density at radius 3 is 1.89 bits per heavy atom. The van der Waals surface area contributed by atoms with Gasteiger partial charge in [-0.3, -0.25) is 25.5 Å². The standard InChI is InChI=1S/C7H15BrN2O.C6H15N3O.C5H11NO/c1-6(2)4-9-5-10-7(11)3-8;1-5(2)3-9(8)4-6(7)10;1-5(2)3-6-4-7/h6,9H,3-5H2,1-2H3,(H,10,11);5H,3-4,8H2,1-2H3,(H2,7,10);4-5H,3H2,1-2H3,(H,6,7). The maximum absolute atomic E-state index is 10.7. The van der Waals surface area contributed by atoms with E-state index in [1.165, 1.54) is 5.01 Å². The van der Waals surface area contributed by atoms with Crippen molar-refractivity contribution in [3.63, 3.8) is 0 Å². The van der Waals surface area contributed by atoms with Crippen LogP contribution in [-0.4, -0.2) is 61.4 Å². The highest BCUT2D eigenvalue weighted by Crippen LogP contribution is 1.91. The molecule has 0 aromatic rings. The molecule has 10 heteroatoms. The molecule has 168 valence electrons. The lowest BCUT2D eigenvalue weighted by Gasteiger charge is -2.15. The third-order valence-corrected chi connectivity index (χ3v) is 3.16. The van der Waals surface area contributed by atoms with Crippen molar-refractivity contribution in [3.8, 4) is 0 Å². The van der Waals surface area contributed by atoms with Gasteiger partial charge in [-0.25, -0.2) is 5.01 Å². The molecule has 0 aliphatic carbocycles. The zero-order chi connectivity index (χ0) is 22.5. The van der Waals surface area contributed by atoms with Crippen molar-refractivity contribution in [1.29, 1.82) is 0 Å². The summed E-state index contributed by atoms with van der Waals surface area (Å²) < 4.78 is 0. The second-order valence-corrected chi connectivity index (χ2v) is 8.03. The lowest BCUT2D eigenvalue weighted by Crippen LogP contribution is -2.40. The van der Waals surface area contributed by atoms with Crippen LogP contribution in [0.25, 0.3) is 0 Å². The summed E-state index contributed by atoms with van der Waals surface area (Å²) in [6, 6.07) is 0. The normalized spacial score (nSPS) is 10.1. The van der Waals surface area contributed by atoms with Gasteiger partial charge in [0, 0.05) is 13.1 Å². The van der Waals surface area contributed by atoms with Crippen molar-refractivity contribution in [2.45, 2.75) is 41.5 Å². The van der Waals surface area contributed by atoms with E-state index in [0.29, 0.717) is 36.3 Å². The molecule has 0 spiro atoms. The Bertz CT molecular complexity index is 396. The predicted molar refractivity (Wildman–Crippen MR) is 118 cm³/mol. The average Bonchev–Trinajstić information content (AvgIpc) is 2.56. The summed E-state index contributed by atoms with van der Waals surface area (Å²) in [5.41, 5.74) is 4.91. The molecule has 0 aromatic carbocycles. The number of carbonyl (C=O) groups is 3.